The molecule has 0 aromatic heterocycles. The van der Waals surface area contributed by atoms with Crippen LogP contribution in [0.5, 0.6) is 5.75 Å². The Hall–Kier alpha value is -0.480. The monoisotopic (exact) mass is 369 g/mol. The van der Waals surface area contributed by atoms with Crippen molar-refractivity contribution >= 4 is 23.2 Å². The van der Waals surface area contributed by atoms with E-state index in [0.717, 1.165) is 17.8 Å². The van der Waals surface area contributed by atoms with Crippen molar-refractivity contribution in [3.05, 3.63) is 28.2 Å². The van der Waals surface area contributed by atoms with E-state index in [2.05, 4.69) is 5.32 Å². The van der Waals surface area contributed by atoms with Crippen LogP contribution in [0.2, 0.25) is 10.0 Å². The van der Waals surface area contributed by atoms with E-state index in [-0.39, 0.29) is 12.1 Å². The van der Waals surface area contributed by atoms with Gasteiger partial charge in [0.1, 0.15) is 18.5 Å². The highest BCUT2D eigenvalue weighted by atomic mass is 35.5. The van der Waals surface area contributed by atoms with Crippen molar-refractivity contribution in [3.8, 4) is 5.75 Å². The Labute approximate surface area is 153 Å². The van der Waals surface area contributed by atoms with Crippen molar-refractivity contribution in [2.75, 3.05) is 13.2 Å². The van der Waals surface area contributed by atoms with Crippen LogP contribution < -0.4 is 10.1 Å². The summed E-state index contributed by atoms with van der Waals surface area (Å²) >= 11 is 12.0. The number of aliphatic hydroxyl groups excluding tert-OH is 1. The Kier molecular flexibility index (Phi) is 4.72. The molecule has 0 aliphatic heterocycles. The van der Waals surface area contributed by atoms with Gasteiger partial charge in [-0.2, -0.15) is 0 Å². The van der Waals surface area contributed by atoms with E-state index in [0.29, 0.717) is 22.3 Å². The van der Waals surface area contributed by atoms with Crippen LogP contribution >= 0.6 is 23.2 Å². The Balaban J connectivity index is 1.28. The van der Waals surface area contributed by atoms with Gasteiger partial charge in [-0.25, -0.2) is 0 Å². The van der Waals surface area contributed by atoms with Crippen molar-refractivity contribution in [2.24, 2.45) is 17.8 Å². The van der Waals surface area contributed by atoms with Gasteiger partial charge in [-0.3, -0.25) is 0 Å². The van der Waals surface area contributed by atoms with E-state index in [9.17, 15) is 5.11 Å². The van der Waals surface area contributed by atoms with Gasteiger partial charge >= 0.3 is 0 Å². The molecule has 132 valence electrons. The van der Waals surface area contributed by atoms with Crippen LogP contribution in [0.4, 0.5) is 0 Å². The molecule has 1 atom stereocenters. The fourth-order valence-electron chi connectivity index (χ4n) is 5.50. The minimum absolute atomic E-state index is 0.237. The largest absolute Gasteiger partial charge is 0.489 e. The lowest BCUT2D eigenvalue weighted by Crippen LogP contribution is -2.59. The molecule has 0 heterocycles. The predicted molar refractivity (Wildman–Crippen MR) is 96.9 cm³/mol. The van der Waals surface area contributed by atoms with E-state index in [4.69, 9.17) is 27.9 Å². The molecule has 0 saturated heterocycles. The summed E-state index contributed by atoms with van der Waals surface area (Å²) in [6, 6.07) is 5.13. The SMILES string of the molecule is OC(CNC12CC3CC(CC(C3)C1)C2)COc1ccc(Cl)cc1Cl. The van der Waals surface area contributed by atoms with E-state index in [1.807, 2.05) is 0 Å². The molecule has 5 rings (SSSR count). The Morgan fingerprint density at radius 3 is 2.33 bits per heavy atom. The lowest BCUT2D eigenvalue weighted by atomic mass is 9.53. The predicted octanol–water partition coefficient (Wildman–Crippen LogP) is 4.29. The molecular formula is C19H25Cl2NO2. The molecule has 0 amide bonds. The number of halogens is 2. The molecule has 0 radical (unpaired) electrons. The number of ether oxygens (including phenoxy) is 1. The first-order valence-electron chi connectivity index (χ1n) is 9.02. The summed E-state index contributed by atoms with van der Waals surface area (Å²) < 4.78 is 5.64. The second-order valence-corrected chi connectivity index (χ2v) is 8.96. The molecule has 5 heteroatoms. The molecule has 24 heavy (non-hydrogen) atoms. The van der Waals surface area contributed by atoms with Crippen LogP contribution in [0.3, 0.4) is 0 Å². The van der Waals surface area contributed by atoms with Crippen LogP contribution in [0.1, 0.15) is 38.5 Å². The quantitative estimate of drug-likeness (QED) is 0.785. The minimum atomic E-state index is -0.537. The second kappa shape index (κ2) is 6.68. The summed E-state index contributed by atoms with van der Waals surface area (Å²) in [5, 5.41) is 15.1. The van der Waals surface area contributed by atoms with Gasteiger partial charge in [-0.1, -0.05) is 23.2 Å². The molecule has 3 nitrogen and oxygen atoms in total. The minimum Gasteiger partial charge on any atom is -0.489 e. The second-order valence-electron chi connectivity index (χ2n) is 8.12. The molecule has 1 aromatic carbocycles. The average molecular weight is 370 g/mol. The van der Waals surface area contributed by atoms with Crippen molar-refractivity contribution in [1.82, 2.24) is 5.32 Å². The standard InChI is InChI=1S/C19H25Cl2NO2/c20-15-1-2-18(17(21)6-15)24-11-16(23)10-22-19-7-12-3-13(8-19)5-14(4-12)9-19/h1-2,6,12-14,16,22-23H,3-5,7-11H2. The maximum Gasteiger partial charge on any atom is 0.138 e. The van der Waals surface area contributed by atoms with E-state index >= 15 is 0 Å². The van der Waals surface area contributed by atoms with Gasteiger partial charge < -0.3 is 15.2 Å². The molecule has 4 aliphatic carbocycles. The molecule has 2 N–H and O–H groups in total. The maximum atomic E-state index is 10.3. The molecule has 4 aliphatic rings. The Morgan fingerprint density at radius 1 is 1.12 bits per heavy atom. The van der Waals surface area contributed by atoms with Gasteiger partial charge in [0.15, 0.2) is 0 Å². The zero-order valence-electron chi connectivity index (χ0n) is 13.8. The van der Waals surface area contributed by atoms with Gasteiger partial charge in [0.25, 0.3) is 0 Å². The maximum absolute atomic E-state index is 10.3. The van der Waals surface area contributed by atoms with Crippen molar-refractivity contribution in [2.45, 2.75) is 50.2 Å². The zero-order chi connectivity index (χ0) is 16.7. The molecule has 0 spiro atoms. The third kappa shape index (κ3) is 3.55. The summed E-state index contributed by atoms with van der Waals surface area (Å²) in [5.74, 6) is 3.29. The van der Waals surface area contributed by atoms with E-state index < -0.39 is 6.10 Å². The number of β-amino-alcohol motifs (C(OH)–C–C–N with tert-alkyl or cyclic N) is 1. The van der Waals surface area contributed by atoms with Crippen LogP contribution in [0.25, 0.3) is 0 Å². The first-order valence-corrected chi connectivity index (χ1v) is 9.78. The smallest absolute Gasteiger partial charge is 0.138 e. The number of hydrogen-bond donors (Lipinski definition) is 2. The summed E-state index contributed by atoms with van der Waals surface area (Å²) in [6.45, 7) is 0.818. The first kappa shape index (κ1) is 17.0. The van der Waals surface area contributed by atoms with Gasteiger partial charge in [0.05, 0.1) is 5.02 Å². The average Bonchev–Trinajstić information content (AvgIpc) is 2.51. The highest BCUT2D eigenvalue weighted by molar-refractivity contribution is 6.35. The number of nitrogens with one attached hydrogen (secondary N) is 1. The Morgan fingerprint density at radius 2 is 1.75 bits per heavy atom. The normalized spacial score (nSPS) is 35.2. The summed E-state index contributed by atoms with van der Waals surface area (Å²) in [6.07, 6.45) is 7.62. The molecule has 4 saturated carbocycles. The van der Waals surface area contributed by atoms with Gasteiger partial charge in [0, 0.05) is 17.1 Å². The van der Waals surface area contributed by atoms with Crippen LogP contribution in [0.15, 0.2) is 18.2 Å². The third-order valence-electron chi connectivity index (χ3n) is 6.08. The van der Waals surface area contributed by atoms with E-state index in [1.165, 1.54) is 38.5 Å². The van der Waals surface area contributed by atoms with Crippen molar-refractivity contribution in [3.63, 3.8) is 0 Å². The number of aliphatic hydroxyl groups is 1. The number of rotatable bonds is 6. The van der Waals surface area contributed by atoms with Crippen molar-refractivity contribution in [1.29, 1.82) is 0 Å². The lowest BCUT2D eigenvalue weighted by molar-refractivity contribution is -0.0266. The van der Waals surface area contributed by atoms with Gasteiger partial charge in [0.2, 0.25) is 0 Å². The molecule has 1 aromatic rings. The van der Waals surface area contributed by atoms with Gasteiger partial charge in [-0.05, 0) is 74.5 Å². The summed E-state index contributed by atoms with van der Waals surface area (Å²) in [4.78, 5) is 0. The van der Waals surface area contributed by atoms with Crippen LogP contribution in [-0.2, 0) is 0 Å². The lowest BCUT2D eigenvalue weighted by Gasteiger charge is -2.57. The van der Waals surface area contributed by atoms with Crippen LogP contribution in [-0.4, -0.2) is 29.9 Å². The highest BCUT2D eigenvalue weighted by Gasteiger charge is 2.50. The summed E-state index contributed by atoms with van der Waals surface area (Å²) in [5.41, 5.74) is 0.271. The Bertz CT molecular complexity index is 572. The summed E-state index contributed by atoms with van der Waals surface area (Å²) in [7, 11) is 0. The number of hydrogen-bond acceptors (Lipinski definition) is 3. The highest BCUT2D eigenvalue weighted by Crippen LogP contribution is 2.55. The molecule has 1 unspecified atom stereocenters. The fourth-order valence-corrected chi connectivity index (χ4v) is 5.96. The fraction of sp³-hybridized carbons (Fsp3) is 0.684. The topological polar surface area (TPSA) is 41.5 Å². The molecular weight excluding hydrogens is 345 g/mol. The van der Waals surface area contributed by atoms with Crippen molar-refractivity contribution < 1.29 is 9.84 Å². The third-order valence-corrected chi connectivity index (χ3v) is 6.61. The van der Waals surface area contributed by atoms with Crippen LogP contribution in [0, 0.1) is 17.8 Å². The zero-order valence-corrected chi connectivity index (χ0v) is 15.3. The molecule has 4 bridgehead atoms. The van der Waals surface area contributed by atoms with Gasteiger partial charge in [-0.15, -0.1) is 0 Å². The number of benzene rings is 1. The molecule has 4 fully saturated rings. The first-order chi connectivity index (χ1) is 11.5. The van der Waals surface area contributed by atoms with E-state index in [1.54, 1.807) is 18.2 Å².